The van der Waals surface area contributed by atoms with Gasteiger partial charge in [0.05, 0.1) is 26.2 Å². The lowest BCUT2D eigenvalue weighted by atomic mass is 10.1. The van der Waals surface area contributed by atoms with Crippen molar-refractivity contribution < 1.29 is 28.6 Å². The van der Waals surface area contributed by atoms with Gasteiger partial charge >= 0.3 is 0 Å². The second kappa shape index (κ2) is 9.78. The summed E-state index contributed by atoms with van der Waals surface area (Å²) in [5.41, 5.74) is 3.20. The van der Waals surface area contributed by atoms with Gasteiger partial charge in [0.25, 0.3) is 11.1 Å². The fourth-order valence-corrected chi connectivity index (χ4v) is 4.10. The Balaban J connectivity index is 1.78. The molecule has 1 aliphatic rings. The van der Waals surface area contributed by atoms with Gasteiger partial charge in [0.1, 0.15) is 6.54 Å². The van der Waals surface area contributed by atoms with Crippen LogP contribution in [0.2, 0.25) is 0 Å². The molecule has 0 spiro atoms. The molecule has 1 heterocycles. The minimum absolute atomic E-state index is 0.198. The normalized spacial score (nSPS) is 14.7. The number of methoxy groups -OCH3 is 3. The Kier molecular flexibility index (Phi) is 7.09. The van der Waals surface area contributed by atoms with Crippen LogP contribution in [0, 0.1) is 13.8 Å². The zero-order valence-electron chi connectivity index (χ0n) is 18.5. The van der Waals surface area contributed by atoms with Crippen molar-refractivity contribution in [1.29, 1.82) is 0 Å². The first-order chi connectivity index (χ1) is 15.3. The number of hydrogen-bond donors (Lipinski definition) is 1. The topological polar surface area (TPSA) is 94.2 Å². The number of nitrogens with zero attached hydrogens (tertiary/aromatic N) is 1. The number of hydrogen-bond acceptors (Lipinski definition) is 7. The van der Waals surface area contributed by atoms with Crippen molar-refractivity contribution >= 4 is 40.6 Å². The van der Waals surface area contributed by atoms with Gasteiger partial charge in [-0.3, -0.25) is 19.3 Å². The van der Waals surface area contributed by atoms with Crippen LogP contribution >= 0.6 is 11.8 Å². The summed E-state index contributed by atoms with van der Waals surface area (Å²) in [6.07, 6.45) is 1.55. The molecule has 1 aliphatic heterocycles. The molecule has 168 valence electrons. The maximum Gasteiger partial charge on any atom is 0.294 e. The number of nitrogens with one attached hydrogen (secondary N) is 1. The van der Waals surface area contributed by atoms with Crippen molar-refractivity contribution in [2.45, 2.75) is 13.8 Å². The van der Waals surface area contributed by atoms with Crippen LogP contribution in [0.5, 0.6) is 17.2 Å². The van der Waals surface area contributed by atoms with Gasteiger partial charge in [-0.25, -0.2) is 0 Å². The van der Waals surface area contributed by atoms with E-state index in [-0.39, 0.29) is 11.4 Å². The first-order valence-corrected chi connectivity index (χ1v) is 10.5. The molecule has 2 aromatic carbocycles. The van der Waals surface area contributed by atoms with E-state index in [1.807, 2.05) is 26.0 Å². The number of imide groups is 1. The van der Waals surface area contributed by atoms with Crippen LogP contribution in [0.1, 0.15) is 16.7 Å². The third-order valence-electron chi connectivity index (χ3n) is 4.82. The lowest BCUT2D eigenvalue weighted by Crippen LogP contribution is -2.36. The van der Waals surface area contributed by atoms with Crippen molar-refractivity contribution in [2.75, 3.05) is 33.2 Å². The highest BCUT2D eigenvalue weighted by molar-refractivity contribution is 8.18. The fourth-order valence-electron chi connectivity index (χ4n) is 3.26. The first-order valence-electron chi connectivity index (χ1n) is 9.69. The van der Waals surface area contributed by atoms with Crippen molar-refractivity contribution in [2.24, 2.45) is 0 Å². The van der Waals surface area contributed by atoms with Crippen LogP contribution in [0.3, 0.4) is 0 Å². The summed E-state index contributed by atoms with van der Waals surface area (Å²) in [6.45, 7) is 3.46. The summed E-state index contributed by atoms with van der Waals surface area (Å²) in [5, 5.41) is 2.24. The molecule has 1 saturated heterocycles. The van der Waals surface area contributed by atoms with Crippen molar-refractivity contribution in [3.05, 3.63) is 51.9 Å². The fraction of sp³-hybridized carbons (Fsp3) is 0.261. The highest BCUT2D eigenvalue weighted by Crippen LogP contribution is 2.40. The second-order valence-corrected chi connectivity index (χ2v) is 8.09. The van der Waals surface area contributed by atoms with E-state index >= 15 is 0 Å². The minimum atomic E-state index is -0.537. The number of thioether (sulfide) groups is 1. The van der Waals surface area contributed by atoms with E-state index in [0.717, 1.165) is 27.8 Å². The molecule has 1 fully saturated rings. The van der Waals surface area contributed by atoms with Gasteiger partial charge in [-0.15, -0.1) is 0 Å². The Bertz CT molecular complexity index is 1090. The molecule has 1 N–H and O–H groups in total. The zero-order chi connectivity index (χ0) is 23.4. The predicted molar refractivity (Wildman–Crippen MR) is 123 cm³/mol. The Morgan fingerprint density at radius 1 is 1.03 bits per heavy atom. The van der Waals surface area contributed by atoms with Crippen LogP contribution in [-0.4, -0.2) is 49.8 Å². The molecule has 0 saturated carbocycles. The van der Waals surface area contributed by atoms with Crippen LogP contribution in [0.25, 0.3) is 6.08 Å². The number of anilines is 1. The van der Waals surface area contributed by atoms with Gasteiger partial charge in [0, 0.05) is 5.69 Å². The van der Waals surface area contributed by atoms with Crippen molar-refractivity contribution in [1.82, 2.24) is 4.90 Å². The van der Waals surface area contributed by atoms with E-state index in [1.165, 1.54) is 21.3 Å². The Morgan fingerprint density at radius 3 is 2.25 bits per heavy atom. The van der Waals surface area contributed by atoms with Gasteiger partial charge in [-0.05, 0) is 61.0 Å². The zero-order valence-corrected chi connectivity index (χ0v) is 19.3. The van der Waals surface area contributed by atoms with E-state index in [1.54, 1.807) is 24.3 Å². The van der Waals surface area contributed by atoms with Crippen molar-refractivity contribution in [3.63, 3.8) is 0 Å². The average Bonchev–Trinajstić information content (AvgIpc) is 3.02. The summed E-state index contributed by atoms with van der Waals surface area (Å²) in [6, 6.07) is 8.95. The van der Waals surface area contributed by atoms with Crippen LogP contribution < -0.4 is 19.5 Å². The number of carbonyl (C=O) groups excluding carboxylic acids is 3. The van der Waals surface area contributed by atoms with E-state index in [9.17, 15) is 14.4 Å². The molecule has 9 heteroatoms. The van der Waals surface area contributed by atoms with Gasteiger partial charge in [-0.2, -0.15) is 0 Å². The van der Waals surface area contributed by atoms with Crippen molar-refractivity contribution in [3.8, 4) is 17.2 Å². The summed E-state index contributed by atoms with van der Waals surface area (Å²) in [4.78, 5) is 38.8. The number of ether oxygens (including phenoxy) is 3. The molecule has 2 aromatic rings. The lowest BCUT2D eigenvalue weighted by Gasteiger charge is -2.14. The molecular formula is C23H24N2O6S. The summed E-state index contributed by atoms with van der Waals surface area (Å²) in [5.74, 6) is 0.275. The molecule has 0 atom stereocenters. The largest absolute Gasteiger partial charge is 0.493 e. The second-order valence-electron chi connectivity index (χ2n) is 7.09. The van der Waals surface area contributed by atoms with E-state index in [4.69, 9.17) is 14.2 Å². The molecule has 0 aliphatic carbocycles. The summed E-state index contributed by atoms with van der Waals surface area (Å²) < 4.78 is 15.9. The molecule has 32 heavy (non-hydrogen) atoms. The molecule has 0 bridgehead atoms. The highest BCUT2D eigenvalue weighted by atomic mass is 32.2. The van der Waals surface area contributed by atoms with E-state index in [0.29, 0.717) is 28.5 Å². The minimum Gasteiger partial charge on any atom is -0.493 e. The number of aryl methyl sites for hydroxylation is 2. The Morgan fingerprint density at radius 2 is 1.69 bits per heavy atom. The third kappa shape index (κ3) is 4.88. The monoisotopic (exact) mass is 456 g/mol. The first kappa shape index (κ1) is 23.2. The third-order valence-corrected chi connectivity index (χ3v) is 5.72. The van der Waals surface area contributed by atoms with Gasteiger partial charge in [-0.1, -0.05) is 17.7 Å². The standard InChI is InChI=1S/C23H24N2O6S/c1-13-6-7-16(14(2)8-13)24-20(26)12-25-22(27)19(32-23(25)28)11-15-9-17(29-3)21(31-5)18(10-15)30-4/h6-11H,12H2,1-5H3,(H,24,26). The molecule has 0 radical (unpaired) electrons. The molecule has 0 aromatic heterocycles. The van der Waals surface area contributed by atoms with Gasteiger partial charge < -0.3 is 19.5 Å². The van der Waals surface area contributed by atoms with Gasteiger partial charge in [0.2, 0.25) is 11.7 Å². The quantitative estimate of drug-likeness (QED) is 0.629. The summed E-state index contributed by atoms with van der Waals surface area (Å²) in [7, 11) is 4.47. The molecule has 0 unspecified atom stereocenters. The van der Waals surface area contributed by atoms with Crippen LogP contribution in [0.4, 0.5) is 10.5 Å². The molecule has 3 rings (SSSR count). The Labute approximate surface area is 190 Å². The molecular weight excluding hydrogens is 432 g/mol. The maximum atomic E-state index is 12.8. The Hall–Kier alpha value is -3.46. The highest BCUT2D eigenvalue weighted by Gasteiger charge is 2.36. The average molecular weight is 457 g/mol. The maximum absolute atomic E-state index is 12.8. The number of amides is 3. The smallest absolute Gasteiger partial charge is 0.294 e. The lowest BCUT2D eigenvalue weighted by molar-refractivity contribution is -0.127. The number of benzene rings is 2. The predicted octanol–water partition coefficient (Wildman–Crippen LogP) is 4.00. The van der Waals surface area contributed by atoms with Crippen LogP contribution in [0.15, 0.2) is 35.2 Å². The van der Waals surface area contributed by atoms with Crippen LogP contribution in [-0.2, 0) is 9.59 Å². The number of carbonyl (C=O) groups is 3. The SMILES string of the molecule is COc1cc(C=C2SC(=O)N(CC(=O)Nc3ccc(C)cc3C)C2=O)cc(OC)c1OC. The molecule has 3 amide bonds. The van der Waals surface area contributed by atoms with E-state index < -0.39 is 17.1 Å². The molecule has 8 nitrogen and oxygen atoms in total. The number of rotatable bonds is 7. The van der Waals surface area contributed by atoms with Gasteiger partial charge in [0.15, 0.2) is 11.5 Å². The summed E-state index contributed by atoms with van der Waals surface area (Å²) >= 11 is 0.773. The van der Waals surface area contributed by atoms with E-state index in [2.05, 4.69) is 5.32 Å².